The first-order chi connectivity index (χ1) is 12.6. The molecule has 0 aliphatic carbocycles. The second kappa shape index (κ2) is 9.80. The number of nitrogens with one attached hydrogen (secondary N) is 2. The number of amides is 2. The summed E-state index contributed by atoms with van der Waals surface area (Å²) in [6, 6.07) is 3.34. The molecule has 0 radical (unpaired) electrons. The van der Waals surface area contributed by atoms with E-state index >= 15 is 0 Å². The van der Waals surface area contributed by atoms with Gasteiger partial charge in [-0.25, -0.2) is 0 Å². The van der Waals surface area contributed by atoms with Gasteiger partial charge in [-0.05, 0) is 38.3 Å². The molecule has 1 unspecified atom stereocenters. The highest BCUT2D eigenvalue weighted by Gasteiger charge is 2.27. The molecule has 8 heteroatoms. The predicted molar refractivity (Wildman–Crippen MR) is 106 cm³/mol. The zero-order valence-electron chi connectivity index (χ0n) is 15.9. The highest BCUT2D eigenvalue weighted by atomic mass is 35.5. The maximum Gasteiger partial charge on any atom is 0.256 e. The van der Waals surface area contributed by atoms with E-state index in [1.165, 1.54) is 14.2 Å². The van der Waals surface area contributed by atoms with Crippen LogP contribution in [-0.4, -0.2) is 57.1 Å². The number of nitrogens with zero attached hydrogens (tertiary/aromatic N) is 1. The van der Waals surface area contributed by atoms with Gasteiger partial charge in [0.1, 0.15) is 0 Å². The lowest BCUT2D eigenvalue weighted by Gasteiger charge is -2.28. The van der Waals surface area contributed by atoms with Gasteiger partial charge in [-0.3, -0.25) is 9.59 Å². The van der Waals surface area contributed by atoms with Crippen molar-refractivity contribution in [3.05, 3.63) is 17.7 Å². The van der Waals surface area contributed by atoms with Crippen LogP contribution < -0.4 is 20.1 Å². The topological polar surface area (TPSA) is 79.9 Å². The lowest BCUT2D eigenvalue weighted by molar-refractivity contribution is -0.119. The quantitative estimate of drug-likeness (QED) is 0.796. The normalized spacial score (nSPS) is 19.2. The fraction of sp³-hybridized carbons (Fsp3) is 0.579. The summed E-state index contributed by atoms with van der Waals surface area (Å²) in [5.41, 5.74) is 0.930. The highest BCUT2D eigenvalue weighted by Crippen LogP contribution is 2.34. The van der Waals surface area contributed by atoms with E-state index in [0.717, 1.165) is 45.3 Å². The standard InChI is InChI=1S/C19H27N3O4.ClH/c1-25-16-10-14(19(24)22-8-4-3-5-9-22)15(11-17(16)26-2)21-18(23)13-6-7-20-12-13;/h10-11,13,20H,3-9,12H2,1-2H3,(H,21,23);1H. The molecular formula is C19H28ClN3O4. The van der Waals surface area contributed by atoms with Crippen molar-refractivity contribution in [1.29, 1.82) is 0 Å². The zero-order valence-corrected chi connectivity index (χ0v) is 16.7. The molecule has 0 spiro atoms. The van der Waals surface area contributed by atoms with Crippen LogP contribution in [0, 0.1) is 5.92 Å². The molecule has 2 aliphatic rings. The van der Waals surface area contributed by atoms with Crippen LogP contribution in [-0.2, 0) is 4.79 Å². The van der Waals surface area contributed by atoms with Crippen LogP contribution >= 0.6 is 12.4 Å². The van der Waals surface area contributed by atoms with E-state index in [-0.39, 0.29) is 30.1 Å². The summed E-state index contributed by atoms with van der Waals surface area (Å²) in [4.78, 5) is 27.5. The second-order valence-electron chi connectivity index (χ2n) is 6.78. The zero-order chi connectivity index (χ0) is 18.5. The minimum atomic E-state index is -0.0824. The van der Waals surface area contributed by atoms with Crippen LogP contribution in [0.5, 0.6) is 11.5 Å². The van der Waals surface area contributed by atoms with Crippen molar-refractivity contribution in [1.82, 2.24) is 10.2 Å². The molecule has 27 heavy (non-hydrogen) atoms. The molecule has 150 valence electrons. The number of hydrogen-bond donors (Lipinski definition) is 2. The number of carbonyl (C=O) groups excluding carboxylic acids is 2. The third-order valence-electron chi connectivity index (χ3n) is 5.09. The Kier molecular flexibility index (Phi) is 7.74. The van der Waals surface area contributed by atoms with E-state index in [0.29, 0.717) is 29.3 Å². The lowest BCUT2D eigenvalue weighted by Crippen LogP contribution is -2.36. The Labute approximate surface area is 166 Å². The Morgan fingerprint density at radius 2 is 1.78 bits per heavy atom. The Bertz CT molecular complexity index is 671. The van der Waals surface area contributed by atoms with Crippen LogP contribution in [0.15, 0.2) is 12.1 Å². The number of rotatable bonds is 5. The largest absolute Gasteiger partial charge is 0.493 e. The monoisotopic (exact) mass is 397 g/mol. The van der Waals surface area contributed by atoms with Gasteiger partial charge in [0.05, 0.1) is 31.4 Å². The van der Waals surface area contributed by atoms with Crippen molar-refractivity contribution in [2.24, 2.45) is 5.92 Å². The number of benzene rings is 1. The van der Waals surface area contributed by atoms with E-state index in [4.69, 9.17) is 9.47 Å². The summed E-state index contributed by atoms with van der Waals surface area (Å²) < 4.78 is 10.7. The van der Waals surface area contributed by atoms with Crippen LogP contribution in [0.2, 0.25) is 0 Å². The molecule has 1 atom stereocenters. The number of methoxy groups -OCH3 is 2. The minimum absolute atomic E-state index is 0. The molecule has 7 nitrogen and oxygen atoms in total. The molecule has 0 saturated carbocycles. The average molecular weight is 398 g/mol. The summed E-state index contributed by atoms with van der Waals surface area (Å²) in [5, 5.41) is 6.12. The van der Waals surface area contributed by atoms with Crippen molar-refractivity contribution in [2.45, 2.75) is 25.7 Å². The number of hydrogen-bond acceptors (Lipinski definition) is 5. The summed E-state index contributed by atoms with van der Waals surface area (Å²) in [6.07, 6.45) is 3.96. The van der Waals surface area contributed by atoms with Crippen LogP contribution in [0.4, 0.5) is 5.69 Å². The summed E-state index contributed by atoms with van der Waals surface area (Å²) in [5.74, 6) is 0.734. The van der Waals surface area contributed by atoms with E-state index in [2.05, 4.69) is 10.6 Å². The Morgan fingerprint density at radius 3 is 2.37 bits per heavy atom. The van der Waals surface area contributed by atoms with Gasteiger partial charge in [0.2, 0.25) is 5.91 Å². The van der Waals surface area contributed by atoms with Crippen molar-refractivity contribution < 1.29 is 19.1 Å². The molecule has 2 heterocycles. The minimum Gasteiger partial charge on any atom is -0.493 e. The van der Waals surface area contributed by atoms with E-state index in [1.54, 1.807) is 12.1 Å². The van der Waals surface area contributed by atoms with Gasteiger partial charge in [0.25, 0.3) is 5.91 Å². The van der Waals surface area contributed by atoms with Crippen molar-refractivity contribution >= 4 is 29.9 Å². The maximum atomic E-state index is 13.1. The van der Waals surface area contributed by atoms with Gasteiger partial charge in [-0.2, -0.15) is 0 Å². The third kappa shape index (κ3) is 4.84. The van der Waals surface area contributed by atoms with Gasteiger partial charge < -0.3 is 25.0 Å². The van der Waals surface area contributed by atoms with Gasteiger partial charge in [-0.15, -0.1) is 12.4 Å². The van der Waals surface area contributed by atoms with Crippen LogP contribution in [0.3, 0.4) is 0 Å². The Morgan fingerprint density at radius 1 is 1.11 bits per heavy atom. The number of carbonyl (C=O) groups is 2. The average Bonchev–Trinajstić information content (AvgIpc) is 3.22. The maximum absolute atomic E-state index is 13.1. The third-order valence-corrected chi connectivity index (χ3v) is 5.09. The van der Waals surface area contributed by atoms with Gasteiger partial charge in [-0.1, -0.05) is 0 Å². The summed E-state index contributed by atoms with van der Waals surface area (Å²) in [6.45, 7) is 2.98. The number of piperidine rings is 1. The van der Waals surface area contributed by atoms with E-state index < -0.39 is 0 Å². The Balaban J connectivity index is 0.00000261. The van der Waals surface area contributed by atoms with Gasteiger partial charge in [0, 0.05) is 25.7 Å². The van der Waals surface area contributed by atoms with Crippen molar-refractivity contribution in [2.75, 3.05) is 45.7 Å². The predicted octanol–water partition coefficient (Wildman–Crippen LogP) is 2.30. The van der Waals surface area contributed by atoms with E-state index in [9.17, 15) is 9.59 Å². The molecule has 2 saturated heterocycles. The van der Waals surface area contributed by atoms with Crippen molar-refractivity contribution in [3.8, 4) is 11.5 Å². The molecule has 0 bridgehead atoms. The van der Waals surface area contributed by atoms with Crippen LogP contribution in [0.25, 0.3) is 0 Å². The van der Waals surface area contributed by atoms with E-state index in [1.807, 2.05) is 4.90 Å². The first-order valence-electron chi connectivity index (χ1n) is 9.21. The van der Waals surface area contributed by atoms with Crippen molar-refractivity contribution in [3.63, 3.8) is 0 Å². The molecule has 1 aromatic rings. The lowest BCUT2D eigenvalue weighted by atomic mass is 10.0. The molecule has 1 aromatic carbocycles. The molecular weight excluding hydrogens is 370 g/mol. The Hall–Kier alpha value is -1.99. The number of ether oxygens (including phenoxy) is 2. The van der Waals surface area contributed by atoms with Crippen LogP contribution in [0.1, 0.15) is 36.0 Å². The number of halogens is 1. The number of anilines is 1. The number of likely N-dealkylation sites (tertiary alicyclic amines) is 1. The second-order valence-corrected chi connectivity index (χ2v) is 6.78. The first-order valence-corrected chi connectivity index (χ1v) is 9.21. The SMILES string of the molecule is COc1cc(NC(=O)C2CCNC2)c(C(=O)N2CCCCC2)cc1OC.Cl. The summed E-state index contributed by atoms with van der Waals surface area (Å²) in [7, 11) is 3.08. The first kappa shape index (κ1) is 21.3. The fourth-order valence-electron chi connectivity index (χ4n) is 3.54. The fourth-order valence-corrected chi connectivity index (χ4v) is 3.54. The highest BCUT2D eigenvalue weighted by molar-refractivity contribution is 6.05. The molecule has 3 rings (SSSR count). The molecule has 0 aromatic heterocycles. The van der Waals surface area contributed by atoms with Gasteiger partial charge >= 0.3 is 0 Å². The molecule has 2 N–H and O–H groups in total. The molecule has 2 fully saturated rings. The smallest absolute Gasteiger partial charge is 0.256 e. The molecule has 2 amide bonds. The molecule has 2 aliphatic heterocycles. The summed E-state index contributed by atoms with van der Waals surface area (Å²) >= 11 is 0. The van der Waals surface area contributed by atoms with Gasteiger partial charge in [0.15, 0.2) is 11.5 Å².